The van der Waals surface area contributed by atoms with Gasteiger partial charge in [-0.1, -0.05) is 48.9 Å². The Hall–Kier alpha value is -2.26. The van der Waals surface area contributed by atoms with Gasteiger partial charge in [-0.05, 0) is 43.5 Å². The van der Waals surface area contributed by atoms with E-state index in [4.69, 9.17) is 16.6 Å². The van der Waals surface area contributed by atoms with Crippen LogP contribution in [-0.2, 0) is 6.42 Å². The van der Waals surface area contributed by atoms with Crippen LogP contribution in [0, 0.1) is 0 Å². The van der Waals surface area contributed by atoms with Crippen molar-refractivity contribution in [3.8, 4) is 0 Å². The molecule has 1 aliphatic rings. The Kier molecular flexibility index (Phi) is 3.61. The Morgan fingerprint density at radius 2 is 1.92 bits per heavy atom. The van der Waals surface area contributed by atoms with Gasteiger partial charge in [0.1, 0.15) is 5.69 Å². The maximum atomic E-state index is 6.48. The second-order valence-electron chi connectivity index (χ2n) is 6.54. The fourth-order valence-electron chi connectivity index (χ4n) is 3.21. The molecule has 0 aliphatic carbocycles. The summed E-state index contributed by atoms with van der Waals surface area (Å²) in [6.45, 7) is 4.34. The van der Waals surface area contributed by atoms with Crippen LogP contribution in [0.2, 0.25) is 5.02 Å². The van der Waals surface area contributed by atoms with E-state index in [9.17, 15) is 0 Å². The highest BCUT2D eigenvalue weighted by molar-refractivity contribution is 6.32. The van der Waals surface area contributed by atoms with Crippen molar-refractivity contribution in [3.63, 3.8) is 0 Å². The van der Waals surface area contributed by atoms with Gasteiger partial charge in [-0.25, -0.2) is 0 Å². The summed E-state index contributed by atoms with van der Waals surface area (Å²) in [6, 6.07) is 16.1. The average Bonchev–Trinajstić information content (AvgIpc) is 2.62. The van der Waals surface area contributed by atoms with Crippen LogP contribution in [0.5, 0.6) is 0 Å². The standard InChI is InChI=1S/C20H18ClN3/c1-3-20(2)12-15-14(8-6-9-16(15)21)19(22-20)18-11-13-7-4-5-10-17(13)23-24-18/h4-11H,3,12H2,1-2H3. The summed E-state index contributed by atoms with van der Waals surface area (Å²) in [5.74, 6) is 0. The molecule has 3 nitrogen and oxygen atoms in total. The third kappa shape index (κ3) is 2.49. The Bertz CT molecular complexity index is 964. The minimum Gasteiger partial charge on any atom is -0.276 e. The summed E-state index contributed by atoms with van der Waals surface area (Å²) in [7, 11) is 0. The van der Waals surface area contributed by atoms with E-state index in [0.717, 1.165) is 51.3 Å². The van der Waals surface area contributed by atoms with Crippen LogP contribution >= 0.6 is 11.6 Å². The van der Waals surface area contributed by atoms with Crippen molar-refractivity contribution >= 4 is 28.2 Å². The zero-order chi connectivity index (χ0) is 16.7. The maximum absolute atomic E-state index is 6.48. The number of halogens is 1. The molecule has 2 aromatic carbocycles. The highest BCUT2D eigenvalue weighted by Gasteiger charge is 2.31. The molecule has 24 heavy (non-hydrogen) atoms. The molecule has 120 valence electrons. The first-order valence-corrected chi connectivity index (χ1v) is 8.58. The van der Waals surface area contributed by atoms with Crippen molar-refractivity contribution in [2.45, 2.75) is 32.2 Å². The Morgan fingerprint density at radius 3 is 2.75 bits per heavy atom. The zero-order valence-corrected chi connectivity index (χ0v) is 14.5. The Balaban J connectivity index is 1.95. The largest absolute Gasteiger partial charge is 0.276 e. The fourth-order valence-corrected chi connectivity index (χ4v) is 3.45. The lowest BCUT2D eigenvalue weighted by molar-refractivity contribution is 0.448. The fraction of sp³-hybridized carbons (Fsp3) is 0.250. The predicted molar refractivity (Wildman–Crippen MR) is 99.0 cm³/mol. The molecule has 0 bridgehead atoms. The molecule has 0 saturated heterocycles. The van der Waals surface area contributed by atoms with E-state index in [1.807, 2.05) is 30.3 Å². The van der Waals surface area contributed by atoms with Gasteiger partial charge in [0.2, 0.25) is 0 Å². The topological polar surface area (TPSA) is 38.1 Å². The van der Waals surface area contributed by atoms with Crippen LogP contribution in [0.15, 0.2) is 53.5 Å². The van der Waals surface area contributed by atoms with E-state index in [2.05, 4.69) is 42.2 Å². The molecule has 0 spiro atoms. The van der Waals surface area contributed by atoms with Gasteiger partial charge in [0.25, 0.3) is 0 Å². The van der Waals surface area contributed by atoms with Gasteiger partial charge in [0, 0.05) is 16.0 Å². The lowest BCUT2D eigenvalue weighted by Gasteiger charge is -2.31. The number of hydrogen-bond acceptors (Lipinski definition) is 3. The van der Waals surface area contributed by atoms with Gasteiger partial charge < -0.3 is 0 Å². The molecular formula is C20H18ClN3. The summed E-state index contributed by atoms with van der Waals surface area (Å²) < 4.78 is 0. The average molecular weight is 336 g/mol. The van der Waals surface area contributed by atoms with E-state index in [1.54, 1.807) is 0 Å². The Labute approximate surface area is 146 Å². The third-order valence-corrected chi connectivity index (χ3v) is 5.17. The van der Waals surface area contributed by atoms with Crippen LogP contribution in [0.3, 0.4) is 0 Å². The number of fused-ring (bicyclic) bond motifs is 2. The minimum atomic E-state index is -0.166. The molecule has 3 aromatic rings. The van der Waals surface area contributed by atoms with Crippen molar-refractivity contribution in [3.05, 3.63) is 70.4 Å². The lowest BCUT2D eigenvalue weighted by Crippen LogP contribution is -2.32. The van der Waals surface area contributed by atoms with Crippen LogP contribution < -0.4 is 0 Å². The molecule has 4 heteroatoms. The van der Waals surface area contributed by atoms with E-state index < -0.39 is 0 Å². The Morgan fingerprint density at radius 1 is 1.08 bits per heavy atom. The zero-order valence-electron chi connectivity index (χ0n) is 13.8. The smallest absolute Gasteiger partial charge is 0.112 e. The normalized spacial score (nSPS) is 19.9. The first-order chi connectivity index (χ1) is 11.6. The number of aromatic nitrogens is 2. The quantitative estimate of drug-likeness (QED) is 0.671. The first-order valence-electron chi connectivity index (χ1n) is 8.20. The van der Waals surface area contributed by atoms with Gasteiger partial charge in [-0.15, -0.1) is 10.2 Å². The molecule has 4 rings (SSSR count). The monoisotopic (exact) mass is 335 g/mol. The molecule has 1 aromatic heterocycles. The maximum Gasteiger partial charge on any atom is 0.112 e. The van der Waals surface area contributed by atoms with Crippen LogP contribution in [0.1, 0.15) is 37.1 Å². The van der Waals surface area contributed by atoms with Crippen molar-refractivity contribution in [2.75, 3.05) is 0 Å². The molecule has 2 heterocycles. The molecule has 1 atom stereocenters. The van der Waals surface area contributed by atoms with E-state index >= 15 is 0 Å². The minimum absolute atomic E-state index is 0.166. The van der Waals surface area contributed by atoms with Gasteiger partial charge in [-0.3, -0.25) is 4.99 Å². The molecule has 1 aliphatic heterocycles. The molecule has 0 saturated carbocycles. The second kappa shape index (κ2) is 5.67. The number of nitrogens with zero attached hydrogens (tertiary/aromatic N) is 3. The number of rotatable bonds is 2. The lowest BCUT2D eigenvalue weighted by atomic mass is 9.83. The molecule has 0 fully saturated rings. The summed E-state index contributed by atoms with van der Waals surface area (Å²) in [5.41, 5.74) is 4.64. The second-order valence-corrected chi connectivity index (χ2v) is 6.95. The van der Waals surface area contributed by atoms with Crippen LogP contribution in [-0.4, -0.2) is 21.4 Å². The number of benzene rings is 2. The first kappa shape index (κ1) is 15.3. The van der Waals surface area contributed by atoms with Crippen LogP contribution in [0.25, 0.3) is 10.9 Å². The van der Waals surface area contributed by atoms with Crippen molar-refractivity contribution in [1.29, 1.82) is 0 Å². The SMILES string of the molecule is CCC1(C)Cc2c(Cl)cccc2C(c2cc3ccccc3nn2)=N1. The highest BCUT2D eigenvalue weighted by Crippen LogP contribution is 2.35. The van der Waals surface area contributed by atoms with Gasteiger partial charge in [0.15, 0.2) is 0 Å². The summed E-state index contributed by atoms with van der Waals surface area (Å²) in [6.07, 6.45) is 1.80. The van der Waals surface area contributed by atoms with Crippen molar-refractivity contribution in [1.82, 2.24) is 10.2 Å². The van der Waals surface area contributed by atoms with Crippen molar-refractivity contribution < 1.29 is 0 Å². The summed E-state index contributed by atoms with van der Waals surface area (Å²) in [5, 5.41) is 10.7. The molecule has 0 radical (unpaired) electrons. The van der Waals surface area contributed by atoms with Crippen LogP contribution in [0.4, 0.5) is 0 Å². The van der Waals surface area contributed by atoms with E-state index in [0.29, 0.717) is 0 Å². The molecule has 0 N–H and O–H groups in total. The summed E-state index contributed by atoms with van der Waals surface area (Å²) >= 11 is 6.48. The molecule has 1 unspecified atom stereocenters. The molecular weight excluding hydrogens is 318 g/mol. The third-order valence-electron chi connectivity index (χ3n) is 4.81. The van der Waals surface area contributed by atoms with E-state index in [1.165, 1.54) is 0 Å². The van der Waals surface area contributed by atoms with Gasteiger partial charge in [-0.2, -0.15) is 0 Å². The van der Waals surface area contributed by atoms with Gasteiger partial charge >= 0.3 is 0 Å². The van der Waals surface area contributed by atoms with Crippen molar-refractivity contribution in [2.24, 2.45) is 4.99 Å². The predicted octanol–water partition coefficient (Wildman–Crippen LogP) is 4.85. The number of aliphatic imine (C=N–C) groups is 1. The van der Waals surface area contributed by atoms with E-state index in [-0.39, 0.29) is 5.54 Å². The number of hydrogen-bond donors (Lipinski definition) is 0. The summed E-state index contributed by atoms with van der Waals surface area (Å²) in [4.78, 5) is 5.05. The van der Waals surface area contributed by atoms with Gasteiger partial charge in [0.05, 0.1) is 16.8 Å². The molecule has 0 amide bonds. The highest BCUT2D eigenvalue weighted by atomic mass is 35.5.